The second kappa shape index (κ2) is 13.9. The number of nitrogens with zero attached hydrogens (tertiary/aromatic N) is 1. The first-order valence-corrected chi connectivity index (χ1v) is 12.9. The summed E-state index contributed by atoms with van der Waals surface area (Å²) in [6, 6.07) is 16.2. The predicted molar refractivity (Wildman–Crippen MR) is 147 cm³/mol. The summed E-state index contributed by atoms with van der Waals surface area (Å²) in [5.41, 5.74) is 1.44. The molecule has 0 bridgehead atoms. The standard InChI is InChI=1S/C27H28BrF3N4O4/c1-3-35(4-2)16-15-32-25(36)18-5-7-19(8-6-18)33-26(37)34-20-9-11-21(12-10-20)38-22-13-14-23(28)24(17-22)39-27(29,30)31/h5-14,17H,3-4,15-16H2,1-2H3,(H,32,36)(H2,33,34,37). The summed E-state index contributed by atoms with van der Waals surface area (Å²) < 4.78 is 47.4. The molecule has 39 heavy (non-hydrogen) atoms. The predicted octanol–water partition coefficient (Wildman–Crippen LogP) is 6.86. The first-order valence-electron chi connectivity index (χ1n) is 12.1. The maximum absolute atomic E-state index is 12.6. The van der Waals surface area contributed by atoms with E-state index in [9.17, 15) is 22.8 Å². The molecule has 3 amide bonds. The molecule has 0 aromatic heterocycles. The number of ether oxygens (including phenoxy) is 2. The first-order chi connectivity index (χ1) is 18.6. The molecule has 0 unspecified atom stereocenters. The molecule has 0 heterocycles. The molecular weight excluding hydrogens is 581 g/mol. The van der Waals surface area contributed by atoms with Crippen molar-refractivity contribution >= 4 is 39.2 Å². The maximum Gasteiger partial charge on any atom is 0.573 e. The molecular formula is C27H28BrF3N4O4. The van der Waals surface area contributed by atoms with Crippen LogP contribution in [0.4, 0.5) is 29.3 Å². The molecule has 3 rings (SSSR count). The smallest absolute Gasteiger partial charge is 0.457 e. The molecule has 0 saturated carbocycles. The lowest BCUT2D eigenvalue weighted by Crippen LogP contribution is -2.34. The van der Waals surface area contributed by atoms with E-state index in [0.29, 0.717) is 29.2 Å². The Kier molecular flexibility index (Phi) is 10.6. The molecule has 0 aliphatic rings. The number of amides is 3. The van der Waals surface area contributed by atoms with Crippen molar-refractivity contribution in [2.45, 2.75) is 20.2 Å². The zero-order valence-corrected chi connectivity index (χ0v) is 22.9. The van der Waals surface area contributed by atoms with Gasteiger partial charge in [-0.2, -0.15) is 0 Å². The molecule has 0 radical (unpaired) electrons. The lowest BCUT2D eigenvalue weighted by molar-refractivity contribution is -0.274. The lowest BCUT2D eigenvalue weighted by Gasteiger charge is -2.18. The van der Waals surface area contributed by atoms with Crippen LogP contribution in [0.15, 0.2) is 71.2 Å². The zero-order valence-electron chi connectivity index (χ0n) is 21.3. The molecule has 0 fully saturated rings. The third-order valence-corrected chi connectivity index (χ3v) is 6.14. The first kappa shape index (κ1) is 29.8. The highest BCUT2D eigenvalue weighted by Gasteiger charge is 2.32. The van der Waals surface area contributed by atoms with Crippen molar-refractivity contribution in [2.75, 3.05) is 36.8 Å². The van der Waals surface area contributed by atoms with Gasteiger partial charge in [-0.05, 0) is 89.7 Å². The number of urea groups is 1. The van der Waals surface area contributed by atoms with E-state index in [2.05, 4.69) is 55.4 Å². The van der Waals surface area contributed by atoms with Gasteiger partial charge in [-0.3, -0.25) is 4.79 Å². The highest BCUT2D eigenvalue weighted by atomic mass is 79.9. The van der Waals surface area contributed by atoms with Gasteiger partial charge in [0, 0.05) is 36.1 Å². The number of halogens is 4. The van der Waals surface area contributed by atoms with Gasteiger partial charge in [0.05, 0.1) is 4.47 Å². The Labute approximate surface area is 232 Å². The maximum atomic E-state index is 12.6. The monoisotopic (exact) mass is 608 g/mol. The molecule has 8 nitrogen and oxygen atoms in total. The average molecular weight is 609 g/mol. The highest BCUT2D eigenvalue weighted by Crippen LogP contribution is 2.35. The topological polar surface area (TPSA) is 91.9 Å². The minimum atomic E-state index is -4.84. The fraction of sp³-hybridized carbons (Fsp3) is 0.259. The Bertz CT molecular complexity index is 1250. The van der Waals surface area contributed by atoms with Crippen LogP contribution in [0.2, 0.25) is 0 Å². The van der Waals surface area contributed by atoms with Crippen molar-refractivity contribution < 1.29 is 32.2 Å². The summed E-state index contributed by atoms with van der Waals surface area (Å²) in [4.78, 5) is 26.9. The molecule has 3 aromatic rings. The normalized spacial score (nSPS) is 11.2. The number of anilines is 2. The Morgan fingerprint density at radius 1 is 0.872 bits per heavy atom. The number of benzene rings is 3. The van der Waals surface area contributed by atoms with Crippen molar-refractivity contribution in [3.8, 4) is 17.2 Å². The average Bonchev–Trinajstić information content (AvgIpc) is 2.89. The van der Waals surface area contributed by atoms with Gasteiger partial charge in [-0.25, -0.2) is 4.79 Å². The number of carbonyl (C=O) groups excluding carboxylic acids is 2. The quantitative estimate of drug-likeness (QED) is 0.221. The summed E-state index contributed by atoms with van der Waals surface area (Å²) >= 11 is 3.01. The molecule has 0 atom stereocenters. The van der Waals surface area contributed by atoms with Gasteiger partial charge >= 0.3 is 12.4 Å². The fourth-order valence-electron chi connectivity index (χ4n) is 3.46. The van der Waals surface area contributed by atoms with E-state index >= 15 is 0 Å². The van der Waals surface area contributed by atoms with E-state index in [4.69, 9.17) is 4.74 Å². The molecule has 0 saturated heterocycles. The van der Waals surface area contributed by atoms with E-state index in [1.165, 1.54) is 12.1 Å². The Hall–Kier alpha value is -3.77. The van der Waals surface area contributed by atoms with Crippen LogP contribution in [0.25, 0.3) is 0 Å². The highest BCUT2D eigenvalue weighted by molar-refractivity contribution is 9.10. The molecule has 12 heteroatoms. The molecule has 3 N–H and O–H groups in total. The van der Waals surface area contributed by atoms with Crippen molar-refractivity contribution in [3.05, 3.63) is 76.8 Å². The molecule has 0 aliphatic heterocycles. The van der Waals surface area contributed by atoms with Crippen LogP contribution in [-0.2, 0) is 0 Å². The molecule has 3 aromatic carbocycles. The van der Waals surface area contributed by atoms with Crippen LogP contribution in [0.3, 0.4) is 0 Å². The van der Waals surface area contributed by atoms with Crippen LogP contribution in [0.5, 0.6) is 17.2 Å². The molecule has 0 spiro atoms. The summed E-state index contributed by atoms with van der Waals surface area (Å²) in [5.74, 6) is -0.143. The number of hydrogen-bond acceptors (Lipinski definition) is 5. The van der Waals surface area contributed by atoms with Gasteiger partial charge in [0.2, 0.25) is 0 Å². The summed E-state index contributed by atoms with van der Waals surface area (Å²) in [5, 5.41) is 8.24. The van der Waals surface area contributed by atoms with Gasteiger partial charge in [0.1, 0.15) is 17.2 Å². The van der Waals surface area contributed by atoms with Crippen molar-refractivity contribution in [2.24, 2.45) is 0 Å². The van der Waals surface area contributed by atoms with E-state index < -0.39 is 18.1 Å². The summed E-state index contributed by atoms with van der Waals surface area (Å²) in [7, 11) is 0. The Morgan fingerprint density at radius 2 is 1.44 bits per heavy atom. The van der Waals surface area contributed by atoms with Crippen molar-refractivity contribution in [3.63, 3.8) is 0 Å². The number of carbonyl (C=O) groups is 2. The second-order valence-electron chi connectivity index (χ2n) is 8.21. The van der Waals surface area contributed by atoms with Gasteiger partial charge < -0.3 is 30.3 Å². The number of alkyl halides is 3. The lowest BCUT2D eigenvalue weighted by atomic mass is 10.2. The molecule has 208 valence electrons. The van der Waals surface area contributed by atoms with E-state index in [1.54, 1.807) is 48.5 Å². The third-order valence-electron chi connectivity index (χ3n) is 5.49. The van der Waals surface area contributed by atoms with E-state index in [0.717, 1.165) is 25.7 Å². The van der Waals surface area contributed by atoms with Crippen LogP contribution in [0.1, 0.15) is 24.2 Å². The number of likely N-dealkylation sites (N-methyl/N-ethyl adjacent to an activating group) is 1. The Morgan fingerprint density at radius 3 is 2.00 bits per heavy atom. The molecule has 0 aliphatic carbocycles. The van der Waals surface area contributed by atoms with Gasteiger partial charge in [0.25, 0.3) is 5.91 Å². The van der Waals surface area contributed by atoms with Crippen LogP contribution < -0.4 is 25.4 Å². The third kappa shape index (κ3) is 9.80. The number of nitrogens with one attached hydrogen (secondary N) is 3. The van der Waals surface area contributed by atoms with Crippen LogP contribution >= 0.6 is 15.9 Å². The van der Waals surface area contributed by atoms with Crippen LogP contribution in [0, 0.1) is 0 Å². The minimum Gasteiger partial charge on any atom is -0.457 e. The van der Waals surface area contributed by atoms with Gasteiger partial charge in [-0.1, -0.05) is 13.8 Å². The second-order valence-corrected chi connectivity index (χ2v) is 9.06. The zero-order chi connectivity index (χ0) is 28.4. The summed E-state index contributed by atoms with van der Waals surface area (Å²) in [6.45, 7) is 7.30. The summed E-state index contributed by atoms with van der Waals surface area (Å²) in [6.07, 6.45) is -4.84. The van der Waals surface area contributed by atoms with E-state index in [-0.39, 0.29) is 16.1 Å². The van der Waals surface area contributed by atoms with Crippen molar-refractivity contribution in [1.82, 2.24) is 10.2 Å². The Balaban J connectivity index is 1.50. The van der Waals surface area contributed by atoms with E-state index in [1.807, 2.05) is 0 Å². The SMILES string of the molecule is CCN(CC)CCNC(=O)c1ccc(NC(=O)Nc2ccc(Oc3ccc(Br)c(OC(F)(F)F)c3)cc2)cc1. The van der Waals surface area contributed by atoms with Gasteiger partial charge in [0.15, 0.2) is 0 Å². The number of hydrogen-bond donors (Lipinski definition) is 3. The fourth-order valence-corrected chi connectivity index (χ4v) is 3.79. The van der Waals surface area contributed by atoms with Gasteiger partial charge in [-0.15, -0.1) is 13.2 Å². The minimum absolute atomic E-state index is 0.126. The number of rotatable bonds is 11. The van der Waals surface area contributed by atoms with Crippen LogP contribution in [-0.4, -0.2) is 49.4 Å². The van der Waals surface area contributed by atoms with Crippen molar-refractivity contribution in [1.29, 1.82) is 0 Å². The largest absolute Gasteiger partial charge is 0.573 e.